The zero-order chi connectivity index (χ0) is 26.2. The van der Waals surface area contributed by atoms with E-state index in [-0.39, 0.29) is 11.9 Å². The first-order valence-electron chi connectivity index (χ1n) is 12.8. The smallest absolute Gasteiger partial charge is 0.254 e. The second-order valence-corrected chi connectivity index (χ2v) is 9.75. The van der Waals surface area contributed by atoms with Crippen LogP contribution in [0.1, 0.15) is 44.6 Å². The number of nitrogens with one attached hydrogen (secondary N) is 2. The van der Waals surface area contributed by atoms with Crippen molar-refractivity contribution in [1.29, 1.82) is 5.26 Å². The lowest BCUT2D eigenvalue weighted by atomic mass is 9.92. The van der Waals surface area contributed by atoms with Crippen LogP contribution in [0, 0.1) is 11.3 Å². The van der Waals surface area contributed by atoms with Crippen LogP contribution >= 0.6 is 0 Å². The van der Waals surface area contributed by atoms with E-state index in [9.17, 15) is 10.1 Å². The third-order valence-corrected chi connectivity index (χ3v) is 7.44. The van der Waals surface area contributed by atoms with Gasteiger partial charge >= 0.3 is 0 Å². The van der Waals surface area contributed by atoms with Gasteiger partial charge in [0.25, 0.3) is 5.91 Å². The Hall–Kier alpha value is -4.65. The number of fused-ring (bicyclic) bond motifs is 2. The number of methoxy groups -OCH3 is 1. The van der Waals surface area contributed by atoms with Gasteiger partial charge in [0.2, 0.25) is 5.95 Å². The molecule has 10 nitrogen and oxygen atoms in total. The van der Waals surface area contributed by atoms with Gasteiger partial charge in [-0.3, -0.25) is 14.8 Å². The van der Waals surface area contributed by atoms with Gasteiger partial charge in [0.1, 0.15) is 17.5 Å². The van der Waals surface area contributed by atoms with Gasteiger partial charge in [-0.05, 0) is 44.0 Å². The predicted molar refractivity (Wildman–Crippen MR) is 145 cm³/mol. The number of ether oxygens (including phenoxy) is 1. The normalized spacial score (nSPS) is 17.8. The molecule has 192 valence electrons. The maximum atomic E-state index is 13.8. The Morgan fingerprint density at radius 3 is 2.79 bits per heavy atom. The Bertz CT molecular complexity index is 1550. The summed E-state index contributed by atoms with van der Waals surface area (Å²) in [5, 5.41) is 20.7. The highest BCUT2D eigenvalue weighted by atomic mass is 16.5. The summed E-state index contributed by atoms with van der Waals surface area (Å²) in [7, 11) is 1.61. The molecule has 1 atom stereocenters. The van der Waals surface area contributed by atoms with Gasteiger partial charge in [0.15, 0.2) is 5.82 Å². The molecule has 0 radical (unpaired) electrons. The maximum Gasteiger partial charge on any atom is 0.254 e. The highest BCUT2D eigenvalue weighted by molar-refractivity contribution is 6.10. The largest absolute Gasteiger partial charge is 0.494 e. The molecule has 2 aromatic carbocycles. The molecule has 0 spiro atoms. The van der Waals surface area contributed by atoms with E-state index < -0.39 is 6.04 Å². The fourth-order valence-electron chi connectivity index (χ4n) is 5.57. The molecule has 0 unspecified atom stereocenters. The molecule has 1 saturated carbocycles. The van der Waals surface area contributed by atoms with E-state index in [0.29, 0.717) is 40.1 Å². The minimum absolute atomic E-state index is 0.0606. The number of amides is 1. The van der Waals surface area contributed by atoms with Gasteiger partial charge in [0, 0.05) is 17.5 Å². The second-order valence-electron chi connectivity index (χ2n) is 9.75. The number of H-pyrrole nitrogens is 1. The summed E-state index contributed by atoms with van der Waals surface area (Å²) in [6.07, 6.45) is 8.93. The van der Waals surface area contributed by atoms with E-state index in [4.69, 9.17) is 9.72 Å². The fourth-order valence-corrected chi connectivity index (χ4v) is 5.57. The monoisotopic (exact) mass is 508 g/mol. The molecular weight excluding hydrogens is 480 g/mol. The molecule has 2 N–H and O–H groups in total. The first-order chi connectivity index (χ1) is 18.6. The summed E-state index contributed by atoms with van der Waals surface area (Å²) in [6, 6.07) is 12.8. The molecule has 1 aliphatic heterocycles. The van der Waals surface area contributed by atoms with Crippen molar-refractivity contribution in [2.45, 2.75) is 51.1 Å². The Balaban J connectivity index is 1.46. The van der Waals surface area contributed by atoms with Gasteiger partial charge < -0.3 is 15.0 Å². The number of carbonyl (C=O) groups excluding carboxylic acids is 1. The van der Waals surface area contributed by atoms with Crippen LogP contribution in [0.2, 0.25) is 0 Å². The highest BCUT2D eigenvalue weighted by Gasteiger charge is 2.41. The lowest BCUT2D eigenvalue weighted by molar-refractivity contribution is -0.119. The van der Waals surface area contributed by atoms with E-state index in [1.165, 1.54) is 6.42 Å². The van der Waals surface area contributed by atoms with Crippen molar-refractivity contribution >= 4 is 45.6 Å². The third kappa shape index (κ3) is 4.06. The molecule has 6 rings (SSSR count). The van der Waals surface area contributed by atoms with Crippen molar-refractivity contribution in [3.63, 3.8) is 0 Å². The van der Waals surface area contributed by atoms with Crippen molar-refractivity contribution in [3.8, 4) is 11.8 Å². The van der Waals surface area contributed by atoms with Crippen molar-refractivity contribution < 1.29 is 9.53 Å². The number of aromatic amines is 1. The van der Waals surface area contributed by atoms with Gasteiger partial charge in [-0.2, -0.15) is 15.3 Å². The second kappa shape index (κ2) is 9.67. The van der Waals surface area contributed by atoms with Crippen LogP contribution in [0.15, 0.2) is 48.8 Å². The summed E-state index contributed by atoms with van der Waals surface area (Å²) >= 11 is 0. The molecular formula is C28H28N8O2. The van der Waals surface area contributed by atoms with Crippen molar-refractivity contribution in [2.24, 2.45) is 0 Å². The van der Waals surface area contributed by atoms with Gasteiger partial charge in [-0.15, -0.1) is 0 Å². The summed E-state index contributed by atoms with van der Waals surface area (Å²) in [5.74, 6) is 1.67. The highest BCUT2D eigenvalue weighted by Crippen LogP contribution is 2.43. The predicted octanol–water partition coefficient (Wildman–Crippen LogP) is 5.18. The zero-order valence-electron chi connectivity index (χ0n) is 21.3. The number of rotatable bonds is 5. The maximum absolute atomic E-state index is 13.8. The molecule has 0 bridgehead atoms. The quantitative estimate of drug-likeness (QED) is 0.378. The average molecular weight is 509 g/mol. The van der Waals surface area contributed by atoms with Gasteiger partial charge in [-0.25, -0.2) is 4.98 Å². The third-order valence-electron chi connectivity index (χ3n) is 7.44. The number of benzene rings is 2. The number of hydrogen-bond acceptors (Lipinski definition) is 8. The first kappa shape index (κ1) is 23.7. The Morgan fingerprint density at radius 1 is 1.16 bits per heavy atom. The molecule has 1 amide bonds. The van der Waals surface area contributed by atoms with E-state index in [1.54, 1.807) is 42.6 Å². The SMILES string of the molecule is COc1cc2[nH]ncc2cc1Nc1ncc2c(n1)N(C1CCCCC1)[C@H](C)C(=O)N2c1cccc(C#N)c1. The van der Waals surface area contributed by atoms with E-state index >= 15 is 0 Å². The van der Waals surface area contributed by atoms with Crippen LogP contribution in [0.5, 0.6) is 5.75 Å². The molecule has 1 fully saturated rings. The Morgan fingerprint density at radius 2 is 2.00 bits per heavy atom. The van der Waals surface area contributed by atoms with Gasteiger partial charge in [0.05, 0.1) is 48.0 Å². The summed E-state index contributed by atoms with van der Waals surface area (Å²) in [6.45, 7) is 1.94. The Kier molecular flexibility index (Phi) is 6.04. The molecule has 2 aromatic heterocycles. The fraction of sp³-hybridized carbons (Fsp3) is 0.321. The summed E-state index contributed by atoms with van der Waals surface area (Å²) < 4.78 is 5.60. The number of hydrogen-bond donors (Lipinski definition) is 2. The summed E-state index contributed by atoms with van der Waals surface area (Å²) in [5.41, 5.74) is 3.30. The van der Waals surface area contributed by atoms with Gasteiger partial charge in [-0.1, -0.05) is 25.3 Å². The number of nitriles is 1. The summed E-state index contributed by atoms with van der Waals surface area (Å²) in [4.78, 5) is 27.2. The molecule has 3 heterocycles. The molecule has 1 aliphatic carbocycles. The van der Waals surface area contributed by atoms with E-state index in [0.717, 1.165) is 36.6 Å². The van der Waals surface area contributed by atoms with Crippen molar-refractivity contribution in [3.05, 3.63) is 54.4 Å². The minimum atomic E-state index is -0.420. The molecule has 4 aromatic rings. The standard InChI is InChI=1S/C28H28N8O2/c1-17-27(37)36(21-10-6-7-18(11-21)14-29)24-16-30-28(33-26(24)35(17)20-8-4-3-5-9-20)32-23-12-19-15-31-34-22(19)13-25(23)38-2/h6-7,10-13,15-17,20H,3-5,8-9H2,1-2H3,(H,31,34)(H,30,32,33)/t17-/m1/s1. The number of carbonyl (C=O) groups is 1. The Labute approximate surface area is 220 Å². The lowest BCUT2D eigenvalue weighted by Gasteiger charge is -2.45. The topological polar surface area (TPSA) is 123 Å². The number of aromatic nitrogens is 4. The molecule has 38 heavy (non-hydrogen) atoms. The van der Waals surface area contributed by atoms with Crippen LogP contribution in [-0.2, 0) is 4.79 Å². The zero-order valence-corrected chi connectivity index (χ0v) is 21.3. The molecule has 2 aliphatic rings. The van der Waals surface area contributed by atoms with Crippen molar-refractivity contribution in [1.82, 2.24) is 20.2 Å². The molecule has 10 heteroatoms. The van der Waals surface area contributed by atoms with Crippen LogP contribution in [-0.4, -0.2) is 45.3 Å². The van der Waals surface area contributed by atoms with Crippen LogP contribution in [0.3, 0.4) is 0 Å². The van der Waals surface area contributed by atoms with E-state index in [1.807, 2.05) is 25.1 Å². The average Bonchev–Trinajstić information content (AvgIpc) is 3.41. The lowest BCUT2D eigenvalue weighted by Crippen LogP contribution is -2.55. The van der Waals surface area contributed by atoms with Crippen molar-refractivity contribution in [2.75, 3.05) is 22.2 Å². The number of anilines is 5. The molecule has 0 saturated heterocycles. The minimum Gasteiger partial charge on any atom is -0.494 e. The number of nitrogens with zero attached hydrogens (tertiary/aromatic N) is 6. The van der Waals surface area contributed by atoms with Crippen LogP contribution < -0.4 is 19.9 Å². The van der Waals surface area contributed by atoms with E-state index in [2.05, 4.69) is 31.5 Å². The first-order valence-corrected chi connectivity index (χ1v) is 12.8. The van der Waals surface area contributed by atoms with Crippen LogP contribution in [0.25, 0.3) is 10.9 Å². The van der Waals surface area contributed by atoms with Crippen LogP contribution in [0.4, 0.5) is 28.8 Å².